The Kier molecular flexibility index (Phi) is 6.02. The van der Waals surface area contributed by atoms with Crippen LogP contribution in [0.4, 0.5) is 14.9 Å². The number of benzene rings is 2. The predicted octanol–water partition coefficient (Wildman–Crippen LogP) is 4.27. The second-order valence-electron chi connectivity index (χ2n) is 7.55. The number of aromatic nitrogens is 1. The highest BCUT2D eigenvalue weighted by Crippen LogP contribution is 2.28. The molecule has 0 unspecified atom stereocenters. The highest BCUT2D eigenvalue weighted by Gasteiger charge is 2.22. The molecule has 32 heavy (non-hydrogen) atoms. The fourth-order valence-corrected chi connectivity index (χ4v) is 3.56. The van der Waals surface area contributed by atoms with Gasteiger partial charge in [0.05, 0.1) is 0 Å². The minimum Gasteiger partial charge on any atom is -0.457 e. The van der Waals surface area contributed by atoms with E-state index in [-0.39, 0.29) is 17.6 Å². The maximum atomic E-state index is 13.5. The smallest absolute Gasteiger partial charge is 0.322 e. The van der Waals surface area contributed by atoms with Crippen LogP contribution in [0, 0.1) is 12.7 Å². The number of aryl methyl sites for hydroxylation is 1. The average Bonchev–Trinajstić information content (AvgIpc) is 2.80. The van der Waals surface area contributed by atoms with Gasteiger partial charge in [0.15, 0.2) is 0 Å². The lowest BCUT2D eigenvalue weighted by Gasteiger charge is -2.29. The first-order valence-corrected chi connectivity index (χ1v) is 10.2. The van der Waals surface area contributed by atoms with Crippen molar-refractivity contribution >= 4 is 17.6 Å². The number of carbonyl (C=O) groups excluding carboxylic acids is 2. The molecule has 1 aliphatic heterocycles. The van der Waals surface area contributed by atoms with Gasteiger partial charge in [0, 0.05) is 38.1 Å². The van der Waals surface area contributed by atoms with Crippen molar-refractivity contribution in [2.75, 3.05) is 18.9 Å². The first kappa shape index (κ1) is 21.3. The molecule has 8 heteroatoms. The van der Waals surface area contributed by atoms with Crippen molar-refractivity contribution in [1.82, 2.24) is 15.2 Å². The number of pyridine rings is 1. The van der Waals surface area contributed by atoms with Crippen molar-refractivity contribution in [3.8, 4) is 11.5 Å². The van der Waals surface area contributed by atoms with Gasteiger partial charge in [-0.2, -0.15) is 0 Å². The van der Waals surface area contributed by atoms with E-state index in [2.05, 4.69) is 15.6 Å². The molecule has 0 radical (unpaired) electrons. The van der Waals surface area contributed by atoms with Crippen LogP contribution in [0.2, 0.25) is 0 Å². The van der Waals surface area contributed by atoms with Crippen LogP contribution in [0.25, 0.3) is 0 Å². The van der Waals surface area contributed by atoms with Crippen molar-refractivity contribution in [2.24, 2.45) is 0 Å². The van der Waals surface area contributed by atoms with E-state index in [4.69, 9.17) is 4.74 Å². The molecule has 3 amide bonds. The quantitative estimate of drug-likeness (QED) is 0.642. The van der Waals surface area contributed by atoms with Crippen LogP contribution >= 0.6 is 0 Å². The number of rotatable bonds is 4. The van der Waals surface area contributed by atoms with Crippen molar-refractivity contribution in [1.29, 1.82) is 0 Å². The first-order chi connectivity index (χ1) is 15.4. The molecule has 3 aromatic rings. The lowest BCUT2D eigenvalue weighted by atomic mass is 9.99. The zero-order chi connectivity index (χ0) is 22.7. The largest absolute Gasteiger partial charge is 0.457 e. The molecule has 0 bridgehead atoms. The summed E-state index contributed by atoms with van der Waals surface area (Å²) in [7, 11) is 1.54. The highest BCUT2D eigenvalue weighted by molar-refractivity contribution is 5.92. The lowest BCUT2D eigenvalue weighted by Crippen LogP contribution is -2.39. The summed E-state index contributed by atoms with van der Waals surface area (Å²) in [6.45, 7) is 2.79. The molecule has 0 aliphatic carbocycles. The average molecular weight is 434 g/mol. The first-order valence-electron chi connectivity index (χ1n) is 10.2. The van der Waals surface area contributed by atoms with E-state index in [1.165, 1.54) is 18.3 Å². The Labute approximate surface area is 185 Å². The molecule has 164 valence electrons. The second-order valence-corrected chi connectivity index (χ2v) is 7.55. The summed E-state index contributed by atoms with van der Waals surface area (Å²) in [5, 5.41) is 5.33. The third-order valence-electron chi connectivity index (χ3n) is 5.35. The van der Waals surface area contributed by atoms with Gasteiger partial charge in [-0.25, -0.2) is 9.18 Å². The third kappa shape index (κ3) is 4.69. The molecule has 2 heterocycles. The molecular weight excluding hydrogens is 411 g/mol. The van der Waals surface area contributed by atoms with E-state index in [0.29, 0.717) is 36.7 Å². The van der Waals surface area contributed by atoms with Gasteiger partial charge in [-0.15, -0.1) is 0 Å². The summed E-state index contributed by atoms with van der Waals surface area (Å²) in [6.07, 6.45) is 2.22. The van der Waals surface area contributed by atoms with E-state index < -0.39 is 5.82 Å². The SMILES string of the molecule is CNC(=O)c1cc(Oc2ccc3c(c2)CN(C(=O)Nc2cc(F)ccc2C)CC3)ccn1. The van der Waals surface area contributed by atoms with E-state index >= 15 is 0 Å². The minimum atomic E-state index is -0.396. The van der Waals surface area contributed by atoms with Gasteiger partial charge in [-0.3, -0.25) is 9.78 Å². The van der Waals surface area contributed by atoms with Gasteiger partial charge in [-0.1, -0.05) is 12.1 Å². The Hall–Kier alpha value is -3.94. The number of hydrogen-bond acceptors (Lipinski definition) is 4. The van der Waals surface area contributed by atoms with Crippen LogP contribution in [0.15, 0.2) is 54.7 Å². The standard InChI is InChI=1S/C24H23FN4O3/c1-15-3-5-18(25)12-21(15)28-24(31)29-10-8-16-4-6-19(11-17(16)14-29)32-20-7-9-27-22(13-20)23(30)26-2/h3-7,9,11-13H,8,10,14H2,1-2H3,(H,26,30)(H,28,31). The van der Waals surface area contributed by atoms with Gasteiger partial charge in [0.2, 0.25) is 0 Å². The van der Waals surface area contributed by atoms with E-state index in [0.717, 1.165) is 16.7 Å². The Morgan fingerprint density at radius 1 is 1.06 bits per heavy atom. The minimum absolute atomic E-state index is 0.262. The van der Waals surface area contributed by atoms with Crippen LogP contribution in [0.5, 0.6) is 11.5 Å². The molecule has 0 atom stereocenters. The van der Waals surface area contributed by atoms with Crippen molar-refractivity contribution < 1.29 is 18.7 Å². The molecule has 4 rings (SSSR count). The third-order valence-corrected chi connectivity index (χ3v) is 5.35. The molecule has 7 nitrogen and oxygen atoms in total. The number of nitrogens with zero attached hydrogens (tertiary/aromatic N) is 2. The Morgan fingerprint density at radius 3 is 2.69 bits per heavy atom. The number of anilines is 1. The lowest BCUT2D eigenvalue weighted by molar-refractivity contribution is 0.0958. The van der Waals surface area contributed by atoms with Gasteiger partial charge in [0.1, 0.15) is 23.0 Å². The molecule has 0 saturated carbocycles. The topological polar surface area (TPSA) is 83.6 Å². The number of ether oxygens (including phenoxy) is 1. The summed E-state index contributed by atoms with van der Waals surface area (Å²) in [5.41, 5.74) is 3.63. The predicted molar refractivity (Wildman–Crippen MR) is 118 cm³/mol. The van der Waals surface area contributed by atoms with E-state index in [1.54, 1.807) is 30.1 Å². The maximum absolute atomic E-state index is 13.5. The number of halogens is 1. The summed E-state index contributed by atoms with van der Waals surface area (Å²) in [5.74, 6) is 0.398. The molecule has 2 aromatic carbocycles. The number of carbonyl (C=O) groups is 2. The fourth-order valence-electron chi connectivity index (χ4n) is 3.56. The summed E-state index contributed by atoms with van der Waals surface area (Å²) < 4.78 is 19.5. The molecule has 1 aliphatic rings. The number of hydrogen-bond donors (Lipinski definition) is 2. The van der Waals surface area contributed by atoms with Crippen LogP contribution < -0.4 is 15.4 Å². The van der Waals surface area contributed by atoms with Gasteiger partial charge < -0.3 is 20.3 Å². The molecule has 0 fully saturated rings. The second kappa shape index (κ2) is 9.05. The Morgan fingerprint density at radius 2 is 1.88 bits per heavy atom. The molecule has 2 N–H and O–H groups in total. The van der Waals surface area contributed by atoms with Gasteiger partial charge in [-0.05, 0) is 60.4 Å². The molecule has 0 saturated heterocycles. The zero-order valence-corrected chi connectivity index (χ0v) is 17.8. The monoisotopic (exact) mass is 434 g/mol. The van der Waals surface area contributed by atoms with Crippen LogP contribution in [0.1, 0.15) is 27.2 Å². The summed E-state index contributed by atoms with van der Waals surface area (Å²) >= 11 is 0. The van der Waals surface area contributed by atoms with Crippen LogP contribution in [-0.4, -0.2) is 35.4 Å². The van der Waals surface area contributed by atoms with Gasteiger partial charge in [0.25, 0.3) is 5.91 Å². The molecular formula is C24H23FN4O3. The van der Waals surface area contributed by atoms with Gasteiger partial charge >= 0.3 is 6.03 Å². The van der Waals surface area contributed by atoms with Crippen LogP contribution in [0.3, 0.4) is 0 Å². The highest BCUT2D eigenvalue weighted by atomic mass is 19.1. The Bertz CT molecular complexity index is 1180. The van der Waals surface area contributed by atoms with Crippen molar-refractivity contribution in [3.63, 3.8) is 0 Å². The summed E-state index contributed by atoms with van der Waals surface area (Å²) in [4.78, 5) is 30.3. The zero-order valence-electron chi connectivity index (χ0n) is 17.8. The Balaban J connectivity index is 1.48. The number of amides is 3. The number of fused-ring (bicyclic) bond motifs is 1. The molecule has 1 aromatic heterocycles. The normalized spacial score (nSPS) is 12.7. The van der Waals surface area contributed by atoms with E-state index in [9.17, 15) is 14.0 Å². The van der Waals surface area contributed by atoms with Crippen molar-refractivity contribution in [3.05, 3.63) is 82.9 Å². The fraction of sp³-hybridized carbons (Fsp3) is 0.208. The number of nitrogens with one attached hydrogen (secondary N) is 2. The number of urea groups is 1. The van der Waals surface area contributed by atoms with E-state index in [1.807, 2.05) is 25.1 Å². The molecule has 0 spiro atoms. The summed E-state index contributed by atoms with van der Waals surface area (Å²) in [6, 6.07) is 13.0. The van der Waals surface area contributed by atoms with Crippen LogP contribution in [-0.2, 0) is 13.0 Å². The van der Waals surface area contributed by atoms with Crippen molar-refractivity contribution in [2.45, 2.75) is 19.9 Å². The maximum Gasteiger partial charge on any atom is 0.322 e.